The Hall–Kier alpha value is -3.53. The number of nitrogens with zero attached hydrogens (tertiary/aromatic N) is 5. The summed E-state index contributed by atoms with van der Waals surface area (Å²) >= 11 is 6.33. The molecule has 2 aliphatic heterocycles. The highest BCUT2D eigenvalue weighted by molar-refractivity contribution is 6.31. The zero-order valence-electron chi connectivity index (χ0n) is 21.5. The quantitative estimate of drug-likeness (QED) is 0.324. The first-order valence-electron chi connectivity index (χ1n) is 13.3. The Morgan fingerprint density at radius 3 is 2.59 bits per heavy atom. The van der Waals surface area contributed by atoms with Gasteiger partial charge >= 0.3 is 5.97 Å². The molecule has 0 spiro atoms. The lowest BCUT2D eigenvalue weighted by atomic mass is 10.1. The smallest absolute Gasteiger partial charge is 0.354 e. The number of fused-ring (bicyclic) bond motifs is 1. The predicted octanol–water partition coefficient (Wildman–Crippen LogP) is 4.60. The number of ether oxygens (including phenoxy) is 2. The minimum absolute atomic E-state index is 0.0206. The van der Waals surface area contributed by atoms with E-state index in [0.717, 1.165) is 61.1 Å². The number of aromatic carboxylic acids is 1. The number of hydrogen-bond donors (Lipinski definition) is 1. The second-order valence-electron chi connectivity index (χ2n) is 10.1. The summed E-state index contributed by atoms with van der Waals surface area (Å²) in [4.78, 5) is 27.8. The number of aromatic nitrogens is 4. The number of benzene rings is 1. The SMILES string of the molecule is O=C(O)c1ccc2nc(CN3CCC(Oc4cccc(Cc5ccccc5Cl)n4)CC3)n(CC3CCO3)c2n1. The van der Waals surface area contributed by atoms with Gasteiger partial charge in [-0.15, -0.1) is 0 Å². The van der Waals surface area contributed by atoms with E-state index in [0.29, 0.717) is 36.6 Å². The normalized spacial score (nSPS) is 18.2. The van der Waals surface area contributed by atoms with Gasteiger partial charge in [0.15, 0.2) is 11.3 Å². The van der Waals surface area contributed by atoms with E-state index in [4.69, 9.17) is 31.0 Å². The second kappa shape index (κ2) is 11.3. The summed E-state index contributed by atoms with van der Waals surface area (Å²) in [6, 6.07) is 16.9. The topological polar surface area (TPSA) is 103 Å². The molecule has 1 atom stereocenters. The van der Waals surface area contributed by atoms with Crippen LogP contribution in [0.15, 0.2) is 54.6 Å². The number of likely N-dealkylation sites (tertiary alicyclic amines) is 1. The van der Waals surface area contributed by atoms with Gasteiger partial charge in [0.1, 0.15) is 17.4 Å². The van der Waals surface area contributed by atoms with Crippen molar-refractivity contribution < 1.29 is 19.4 Å². The Kier molecular flexibility index (Phi) is 7.45. The average Bonchev–Trinajstić information content (AvgIpc) is 3.25. The Morgan fingerprint density at radius 1 is 1.03 bits per heavy atom. The van der Waals surface area contributed by atoms with Gasteiger partial charge in [0, 0.05) is 42.9 Å². The lowest BCUT2D eigenvalue weighted by molar-refractivity contribution is -0.0593. The number of pyridine rings is 2. The van der Waals surface area contributed by atoms with Crippen LogP contribution in [-0.4, -0.2) is 67.4 Å². The molecule has 4 aromatic rings. The van der Waals surface area contributed by atoms with Crippen molar-refractivity contribution in [2.75, 3.05) is 19.7 Å². The molecule has 202 valence electrons. The van der Waals surface area contributed by atoms with Gasteiger partial charge in [0.05, 0.1) is 19.2 Å². The molecule has 9 nitrogen and oxygen atoms in total. The summed E-state index contributed by atoms with van der Waals surface area (Å²) in [6.45, 7) is 3.76. The molecule has 0 aliphatic carbocycles. The van der Waals surface area contributed by atoms with E-state index in [-0.39, 0.29) is 17.9 Å². The molecular formula is C29H30ClN5O4. The van der Waals surface area contributed by atoms with Gasteiger partial charge < -0.3 is 19.1 Å². The highest BCUT2D eigenvalue weighted by atomic mass is 35.5. The van der Waals surface area contributed by atoms with Gasteiger partial charge in [0.2, 0.25) is 5.88 Å². The van der Waals surface area contributed by atoms with Gasteiger partial charge in [-0.2, -0.15) is 0 Å². The summed E-state index contributed by atoms with van der Waals surface area (Å²) in [5.74, 6) is 0.474. The van der Waals surface area contributed by atoms with Crippen molar-refractivity contribution in [3.63, 3.8) is 0 Å². The number of imidazole rings is 1. The summed E-state index contributed by atoms with van der Waals surface area (Å²) in [5, 5.41) is 10.2. The van der Waals surface area contributed by atoms with Crippen molar-refractivity contribution in [1.82, 2.24) is 24.4 Å². The highest BCUT2D eigenvalue weighted by Gasteiger charge is 2.26. The van der Waals surface area contributed by atoms with Gasteiger partial charge in [-0.05, 0) is 49.1 Å². The first-order valence-corrected chi connectivity index (χ1v) is 13.7. The number of halogens is 1. The second-order valence-corrected chi connectivity index (χ2v) is 10.5. The maximum Gasteiger partial charge on any atom is 0.354 e. The number of hydrogen-bond acceptors (Lipinski definition) is 7. The molecule has 0 amide bonds. The summed E-state index contributed by atoms with van der Waals surface area (Å²) in [7, 11) is 0. The third-order valence-electron chi connectivity index (χ3n) is 7.37. The number of carboxylic acid groups (broad SMARTS) is 1. The van der Waals surface area contributed by atoms with E-state index >= 15 is 0 Å². The third-order valence-corrected chi connectivity index (χ3v) is 7.74. The number of carboxylic acids is 1. The van der Waals surface area contributed by atoms with Crippen LogP contribution in [0.2, 0.25) is 5.02 Å². The molecule has 39 heavy (non-hydrogen) atoms. The van der Waals surface area contributed by atoms with Crippen LogP contribution in [0.4, 0.5) is 0 Å². The van der Waals surface area contributed by atoms with Crippen LogP contribution in [0.1, 0.15) is 46.8 Å². The molecule has 1 unspecified atom stereocenters. The maximum atomic E-state index is 11.5. The van der Waals surface area contributed by atoms with Crippen LogP contribution in [0.3, 0.4) is 0 Å². The largest absolute Gasteiger partial charge is 0.477 e. The Labute approximate surface area is 231 Å². The van der Waals surface area contributed by atoms with E-state index in [2.05, 4.69) is 9.88 Å². The van der Waals surface area contributed by atoms with Crippen molar-refractivity contribution in [3.8, 4) is 5.88 Å². The number of carbonyl (C=O) groups is 1. The lowest BCUT2D eigenvalue weighted by Crippen LogP contribution is -2.39. The highest BCUT2D eigenvalue weighted by Crippen LogP contribution is 2.24. The fraction of sp³-hybridized carbons (Fsp3) is 0.379. The van der Waals surface area contributed by atoms with Crippen molar-refractivity contribution in [2.24, 2.45) is 0 Å². The predicted molar refractivity (Wildman–Crippen MR) is 146 cm³/mol. The third kappa shape index (κ3) is 5.90. The average molecular weight is 548 g/mol. The number of piperidine rings is 1. The fourth-order valence-electron chi connectivity index (χ4n) is 5.13. The van der Waals surface area contributed by atoms with Gasteiger partial charge in [0.25, 0.3) is 0 Å². The van der Waals surface area contributed by atoms with E-state index < -0.39 is 5.97 Å². The Morgan fingerprint density at radius 2 is 1.85 bits per heavy atom. The van der Waals surface area contributed by atoms with Gasteiger partial charge in [-0.1, -0.05) is 35.9 Å². The molecule has 1 N–H and O–H groups in total. The molecule has 3 aromatic heterocycles. The van der Waals surface area contributed by atoms with Crippen LogP contribution < -0.4 is 4.74 Å². The maximum absolute atomic E-state index is 11.5. The first-order chi connectivity index (χ1) is 19.0. The Balaban J connectivity index is 1.10. The van der Waals surface area contributed by atoms with Gasteiger partial charge in [-0.3, -0.25) is 4.90 Å². The molecular weight excluding hydrogens is 518 g/mol. The molecule has 2 fully saturated rings. The lowest BCUT2D eigenvalue weighted by Gasteiger charge is -2.32. The monoisotopic (exact) mass is 547 g/mol. The van der Waals surface area contributed by atoms with E-state index in [1.54, 1.807) is 6.07 Å². The molecule has 0 saturated carbocycles. The van der Waals surface area contributed by atoms with Crippen LogP contribution in [0.25, 0.3) is 11.2 Å². The molecule has 6 rings (SSSR count). The van der Waals surface area contributed by atoms with E-state index in [9.17, 15) is 9.90 Å². The van der Waals surface area contributed by atoms with Gasteiger partial charge in [-0.25, -0.2) is 19.7 Å². The molecule has 2 saturated heterocycles. The molecule has 0 bridgehead atoms. The van der Waals surface area contributed by atoms with Crippen LogP contribution in [-0.2, 0) is 24.2 Å². The van der Waals surface area contributed by atoms with E-state index in [1.165, 1.54) is 6.07 Å². The van der Waals surface area contributed by atoms with Crippen molar-refractivity contribution in [1.29, 1.82) is 0 Å². The number of rotatable bonds is 9. The minimum atomic E-state index is -1.04. The molecule has 1 aromatic carbocycles. The fourth-order valence-corrected chi connectivity index (χ4v) is 5.33. The van der Waals surface area contributed by atoms with Crippen LogP contribution in [0.5, 0.6) is 5.88 Å². The Bertz CT molecular complexity index is 1480. The summed E-state index contributed by atoms with van der Waals surface area (Å²) in [5.41, 5.74) is 3.29. The molecule has 5 heterocycles. The first kappa shape index (κ1) is 25.7. The standard InChI is InChI=1S/C29H30ClN5O4/c30-23-6-2-1-4-19(23)16-20-5-3-7-27(31-20)39-21-10-13-34(14-11-21)18-26-32-24-8-9-25(29(36)37)33-28(24)35(26)17-22-12-15-38-22/h1-9,21-22H,10-18H2,(H,36,37). The summed E-state index contributed by atoms with van der Waals surface area (Å²) in [6.07, 6.45) is 3.59. The zero-order chi connectivity index (χ0) is 26.8. The molecule has 2 aliphatic rings. The van der Waals surface area contributed by atoms with Crippen molar-refractivity contribution in [2.45, 2.75) is 51.0 Å². The molecule has 0 radical (unpaired) electrons. The van der Waals surface area contributed by atoms with Crippen LogP contribution >= 0.6 is 11.6 Å². The van der Waals surface area contributed by atoms with E-state index in [1.807, 2.05) is 47.0 Å². The van der Waals surface area contributed by atoms with Crippen molar-refractivity contribution in [3.05, 3.63) is 82.4 Å². The van der Waals surface area contributed by atoms with Crippen molar-refractivity contribution >= 4 is 28.7 Å². The summed E-state index contributed by atoms with van der Waals surface area (Å²) < 4.78 is 14.0. The minimum Gasteiger partial charge on any atom is -0.477 e. The zero-order valence-corrected chi connectivity index (χ0v) is 22.3. The van der Waals surface area contributed by atoms with Crippen LogP contribution in [0, 0.1) is 0 Å². The molecule has 10 heteroatoms.